The molecule has 1 aromatic carbocycles. The Hall–Kier alpha value is -2.57. The maximum absolute atomic E-state index is 12.9. The smallest absolute Gasteiger partial charge is 0.411 e. The summed E-state index contributed by atoms with van der Waals surface area (Å²) in [7, 11) is 0. The molecule has 0 radical (unpaired) electrons. The van der Waals surface area contributed by atoms with Crippen molar-refractivity contribution < 1.29 is 18.4 Å². The van der Waals surface area contributed by atoms with Gasteiger partial charge in [-0.1, -0.05) is 17.3 Å². The lowest BCUT2D eigenvalue weighted by Crippen LogP contribution is -2.08. The van der Waals surface area contributed by atoms with E-state index in [4.69, 9.17) is 5.21 Å². The molecule has 2 rings (SSSR count). The Morgan fingerprint density at radius 2 is 1.90 bits per heavy atom. The lowest BCUT2D eigenvalue weighted by Gasteiger charge is -2.14. The number of rotatable bonds is 3. The predicted octanol–water partition coefficient (Wildman–Crippen LogP) is 4.04. The third-order valence-electron chi connectivity index (χ3n) is 2.80. The summed E-state index contributed by atoms with van der Waals surface area (Å²) in [4.78, 5) is 4.00. The van der Waals surface area contributed by atoms with Gasteiger partial charge in [0.2, 0.25) is 0 Å². The van der Waals surface area contributed by atoms with Crippen molar-refractivity contribution in [3.8, 4) is 0 Å². The zero-order valence-corrected chi connectivity index (χ0v) is 11.0. The van der Waals surface area contributed by atoms with Crippen LogP contribution in [0.25, 0.3) is 0 Å². The van der Waals surface area contributed by atoms with Gasteiger partial charge in [0.15, 0.2) is 0 Å². The van der Waals surface area contributed by atoms with Crippen LogP contribution in [0.4, 0.5) is 24.5 Å². The van der Waals surface area contributed by atoms with Crippen molar-refractivity contribution in [1.29, 1.82) is 0 Å². The lowest BCUT2D eigenvalue weighted by atomic mass is 10.1. The van der Waals surface area contributed by atoms with E-state index in [9.17, 15) is 13.2 Å². The topological polar surface area (TPSA) is 57.5 Å². The molecule has 0 fully saturated rings. The first-order chi connectivity index (χ1) is 9.91. The highest BCUT2D eigenvalue weighted by molar-refractivity contribution is 5.96. The van der Waals surface area contributed by atoms with Gasteiger partial charge in [0.25, 0.3) is 0 Å². The third kappa shape index (κ3) is 3.50. The Labute approximate surface area is 118 Å². The van der Waals surface area contributed by atoms with Gasteiger partial charge in [-0.25, -0.2) is 0 Å². The highest BCUT2D eigenvalue weighted by Gasteiger charge is 2.33. The number of pyridine rings is 1. The summed E-state index contributed by atoms with van der Waals surface area (Å²) in [5, 5.41) is 14.3. The number of oxime groups is 1. The molecule has 2 N–H and O–H groups in total. The van der Waals surface area contributed by atoms with Crippen LogP contribution in [0.1, 0.15) is 18.2 Å². The van der Waals surface area contributed by atoms with Crippen LogP contribution in [0.2, 0.25) is 0 Å². The van der Waals surface area contributed by atoms with E-state index in [1.54, 1.807) is 19.1 Å². The number of benzene rings is 1. The number of nitrogens with one attached hydrogen (secondary N) is 1. The molecule has 1 heterocycles. The minimum Gasteiger partial charge on any atom is -0.411 e. The number of nitrogens with zero attached hydrogens (tertiary/aromatic N) is 2. The van der Waals surface area contributed by atoms with Crippen molar-refractivity contribution in [3.05, 3.63) is 53.9 Å². The quantitative estimate of drug-likeness (QED) is 0.510. The van der Waals surface area contributed by atoms with E-state index < -0.39 is 11.7 Å². The Kier molecular flexibility index (Phi) is 4.11. The predicted molar refractivity (Wildman–Crippen MR) is 73.0 cm³/mol. The molecule has 0 spiro atoms. The van der Waals surface area contributed by atoms with E-state index in [1.807, 2.05) is 0 Å². The summed E-state index contributed by atoms with van der Waals surface area (Å²) in [6.07, 6.45) is -3.06. The lowest BCUT2D eigenvalue weighted by molar-refractivity contribution is -0.136. The molecule has 0 bridgehead atoms. The number of aromatic nitrogens is 1. The van der Waals surface area contributed by atoms with E-state index in [1.165, 1.54) is 24.4 Å². The highest BCUT2D eigenvalue weighted by Crippen LogP contribution is 2.35. The van der Waals surface area contributed by atoms with Crippen molar-refractivity contribution in [2.24, 2.45) is 5.16 Å². The fourth-order valence-electron chi connectivity index (χ4n) is 1.73. The van der Waals surface area contributed by atoms with Crippen LogP contribution in [0, 0.1) is 0 Å². The van der Waals surface area contributed by atoms with Gasteiger partial charge < -0.3 is 10.5 Å². The molecule has 0 unspecified atom stereocenters. The van der Waals surface area contributed by atoms with Gasteiger partial charge >= 0.3 is 6.18 Å². The minimum absolute atomic E-state index is 0.0490. The molecule has 0 aliphatic carbocycles. The average Bonchev–Trinajstić information content (AvgIpc) is 2.47. The molecule has 2 aromatic rings. The summed E-state index contributed by atoms with van der Waals surface area (Å²) in [6.45, 7) is 1.56. The van der Waals surface area contributed by atoms with Gasteiger partial charge in [-0.3, -0.25) is 4.98 Å². The van der Waals surface area contributed by atoms with Crippen LogP contribution in [-0.2, 0) is 6.18 Å². The summed E-state index contributed by atoms with van der Waals surface area (Å²) in [5.41, 5.74) is 0.361. The van der Waals surface area contributed by atoms with E-state index in [-0.39, 0.29) is 5.69 Å². The second-order valence-corrected chi connectivity index (χ2v) is 4.29. The van der Waals surface area contributed by atoms with Crippen molar-refractivity contribution in [3.63, 3.8) is 0 Å². The zero-order chi connectivity index (χ0) is 15.5. The van der Waals surface area contributed by atoms with Gasteiger partial charge in [0, 0.05) is 0 Å². The maximum Gasteiger partial charge on any atom is 0.418 e. The Bertz CT molecular complexity index is 651. The number of para-hydroxylation sites is 1. The number of halogens is 3. The molecule has 0 aliphatic heterocycles. The van der Waals surface area contributed by atoms with Crippen LogP contribution in [0.5, 0.6) is 0 Å². The summed E-state index contributed by atoms with van der Waals surface area (Å²) in [5.74, 6) is 0. The molecule has 4 nitrogen and oxygen atoms in total. The molecule has 1 aromatic heterocycles. The van der Waals surface area contributed by atoms with E-state index in [0.717, 1.165) is 6.07 Å². The Morgan fingerprint density at radius 3 is 2.48 bits per heavy atom. The molecule has 0 saturated carbocycles. The number of anilines is 2. The number of hydrogen-bond acceptors (Lipinski definition) is 4. The van der Waals surface area contributed by atoms with Crippen molar-refractivity contribution in [2.45, 2.75) is 13.1 Å². The SMILES string of the molecule is CC(=NO)c1ccc(Nc2ccccc2C(F)(F)F)cn1. The molecular weight excluding hydrogens is 283 g/mol. The summed E-state index contributed by atoms with van der Waals surface area (Å²) in [6, 6.07) is 8.31. The van der Waals surface area contributed by atoms with Crippen LogP contribution in [-0.4, -0.2) is 15.9 Å². The minimum atomic E-state index is -4.43. The van der Waals surface area contributed by atoms with Gasteiger partial charge in [-0.05, 0) is 31.2 Å². The Balaban J connectivity index is 2.27. The van der Waals surface area contributed by atoms with E-state index in [2.05, 4.69) is 15.5 Å². The first-order valence-electron chi connectivity index (χ1n) is 6.00. The third-order valence-corrected chi connectivity index (χ3v) is 2.80. The van der Waals surface area contributed by atoms with E-state index in [0.29, 0.717) is 17.1 Å². The van der Waals surface area contributed by atoms with Crippen LogP contribution >= 0.6 is 0 Å². The highest BCUT2D eigenvalue weighted by atomic mass is 19.4. The summed E-state index contributed by atoms with van der Waals surface area (Å²) < 4.78 is 38.6. The Morgan fingerprint density at radius 1 is 1.19 bits per heavy atom. The van der Waals surface area contributed by atoms with Crippen molar-refractivity contribution in [2.75, 3.05) is 5.32 Å². The standard InChI is InChI=1S/C14H12F3N3O/c1-9(20-21)12-7-6-10(8-18-12)19-13-5-3-2-4-11(13)14(15,16)17/h2-8,19,21H,1H3. The van der Waals surface area contributed by atoms with Crippen LogP contribution in [0.15, 0.2) is 47.8 Å². The number of alkyl halides is 3. The second-order valence-electron chi connectivity index (χ2n) is 4.29. The van der Waals surface area contributed by atoms with E-state index >= 15 is 0 Å². The summed E-state index contributed by atoms with van der Waals surface area (Å²) >= 11 is 0. The van der Waals surface area contributed by atoms with Crippen LogP contribution < -0.4 is 5.32 Å². The second kappa shape index (κ2) is 5.82. The van der Waals surface area contributed by atoms with Gasteiger partial charge in [0.05, 0.1) is 28.8 Å². The molecule has 0 aliphatic rings. The fraction of sp³-hybridized carbons (Fsp3) is 0.143. The normalized spacial score (nSPS) is 12.3. The van der Waals surface area contributed by atoms with Gasteiger partial charge in [0.1, 0.15) is 5.71 Å². The largest absolute Gasteiger partial charge is 0.418 e. The molecule has 0 atom stereocenters. The number of hydrogen-bond donors (Lipinski definition) is 2. The molecular formula is C14H12F3N3O. The molecule has 0 saturated heterocycles. The first kappa shape index (κ1) is 14.8. The first-order valence-corrected chi connectivity index (χ1v) is 6.00. The van der Waals surface area contributed by atoms with Crippen molar-refractivity contribution >= 4 is 17.1 Å². The fourth-order valence-corrected chi connectivity index (χ4v) is 1.73. The maximum atomic E-state index is 12.9. The van der Waals surface area contributed by atoms with Gasteiger partial charge in [-0.15, -0.1) is 0 Å². The monoisotopic (exact) mass is 295 g/mol. The molecule has 110 valence electrons. The molecule has 0 amide bonds. The molecule has 7 heteroatoms. The zero-order valence-electron chi connectivity index (χ0n) is 11.0. The average molecular weight is 295 g/mol. The van der Waals surface area contributed by atoms with Gasteiger partial charge in [-0.2, -0.15) is 13.2 Å². The van der Waals surface area contributed by atoms with Crippen molar-refractivity contribution in [1.82, 2.24) is 4.98 Å². The molecule has 21 heavy (non-hydrogen) atoms. The van der Waals surface area contributed by atoms with Crippen LogP contribution in [0.3, 0.4) is 0 Å².